The van der Waals surface area contributed by atoms with Gasteiger partial charge in [-0.3, -0.25) is 4.40 Å². The van der Waals surface area contributed by atoms with Crippen LogP contribution >= 0.6 is 11.3 Å². The summed E-state index contributed by atoms with van der Waals surface area (Å²) < 4.78 is 2.24. The van der Waals surface area contributed by atoms with E-state index in [1.165, 1.54) is 30.8 Å². The second kappa shape index (κ2) is 5.74. The third-order valence-electron chi connectivity index (χ3n) is 4.44. The molecular formula is C15H24N4S. The molecule has 4 nitrogen and oxygen atoms in total. The average molecular weight is 292 g/mol. The van der Waals surface area contributed by atoms with E-state index in [-0.39, 0.29) is 6.04 Å². The van der Waals surface area contributed by atoms with Gasteiger partial charge in [-0.05, 0) is 25.7 Å². The molecular weight excluding hydrogens is 268 g/mol. The van der Waals surface area contributed by atoms with Crippen LogP contribution in [0.5, 0.6) is 0 Å². The van der Waals surface area contributed by atoms with Crippen molar-refractivity contribution in [2.45, 2.75) is 58.0 Å². The number of nitrogens with two attached hydrogens (primary N) is 1. The van der Waals surface area contributed by atoms with E-state index in [4.69, 9.17) is 10.7 Å². The van der Waals surface area contributed by atoms with Crippen molar-refractivity contribution in [2.24, 2.45) is 5.73 Å². The summed E-state index contributed by atoms with van der Waals surface area (Å²) in [5.41, 5.74) is 7.50. The molecule has 0 aromatic carbocycles. The minimum Gasteiger partial charge on any atom is -0.352 e. The van der Waals surface area contributed by atoms with Gasteiger partial charge in [-0.1, -0.05) is 13.8 Å². The molecule has 0 amide bonds. The van der Waals surface area contributed by atoms with Crippen LogP contribution in [0.1, 0.15) is 45.2 Å². The van der Waals surface area contributed by atoms with Crippen molar-refractivity contribution < 1.29 is 0 Å². The molecule has 0 saturated carbocycles. The third-order valence-corrected chi connectivity index (χ3v) is 5.20. The summed E-state index contributed by atoms with van der Waals surface area (Å²) in [6.07, 6.45) is 7.82. The highest BCUT2D eigenvalue weighted by Crippen LogP contribution is 2.32. The summed E-state index contributed by atoms with van der Waals surface area (Å²) in [4.78, 5) is 8.50. The molecule has 20 heavy (non-hydrogen) atoms. The van der Waals surface area contributed by atoms with Gasteiger partial charge in [0.05, 0.1) is 5.69 Å². The zero-order valence-electron chi connectivity index (χ0n) is 12.4. The van der Waals surface area contributed by atoms with Crippen LogP contribution < -0.4 is 10.6 Å². The van der Waals surface area contributed by atoms with Crippen LogP contribution in [0.2, 0.25) is 0 Å². The van der Waals surface area contributed by atoms with Crippen LogP contribution in [0.4, 0.5) is 5.82 Å². The van der Waals surface area contributed by atoms with E-state index in [9.17, 15) is 0 Å². The Morgan fingerprint density at radius 2 is 2.35 bits per heavy atom. The van der Waals surface area contributed by atoms with Crippen molar-refractivity contribution in [3.05, 3.63) is 17.3 Å². The monoisotopic (exact) mass is 292 g/mol. The number of aromatic nitrogens is 2. The van der Waals surface area contributed by atoms with Crippen LogP contribution in [0.15, 0.2) is 11.6 Å². The van der Waals surface area contributed by atoms with Gasteiger partial charge >= 0.3 is 0 Å². The lowest BCUT2D eigenvalue weighted by atomic mass is 10.1. The van der Waals surface area contributed by atoms with Gasteiger partial charge in [-0.15, -0.1) is 11.3 Å². The molecule has 0 aliphatic carbocycles. The highest BCUT2D eigenvalue weighted by Gasteiger charge is 2.28. The lowest BCUT2D eigenvalue weighted by molar-refractivity contribution is 0.618. The van der Waals surface area contributed by atoms with Gasteiger partial charge in [0.15, 0.2) is 10.8 Å². The predicted molar refractivity (Wildman–Crippen MR) is 85.7 cm³/mol. The number of fused-ring (bicyclic) bond motifs is 1. The summed E-state index contributed by atoms with van der Waals surface area (Å²) in [5, 5.41) is 2.11. The largest absolute Gasteiger partial charge is 0.352 e. The summed E-state index contributed by atoms with van der Waals surface area (Å²) in [6.45, 7) is 5.57. The Labute approximate surface area is 124 Å². The van der Waals surface area contributed by atoms with Crippen molar-refractivity contribution in [1.82, 2.24) is 9.38 Å². The first kappa shape index (κ1) is 13.9. The van der Waals surface area contributed by atoms with E-state index in [0.29, 0.717) is 6.04 Å². The van der Waals surface area contributed by atoms with Crippen molar-refractivity contribution in [3.63, 3.8) is 0 Å². The van der Waals surface area contributed by atoms with Gasteiger partial charge in [0.1, 0.15) is 0 Å². The van der Waals surface area contributed by atoms with Gasteiger partial charge in [0, 0.05) is 36.6 Å². The van der Waals surface area contributed by atoms with Gasteiger partial charge in [0.2, 0.25) is 0 Å². The molecule has 3 rings (SSSR count). The van der Waals surface area contributed by atoms with Gasteiger partial charge in [0.25, 0.3) is 0 Å². The van der Waals surface area contributed by atoms with E-state index < -0.39 is 0 Å². The molecule has 110 valence electrons. The quantitative estimate of drug-likeness (QED) is 0.921. The Morgan fingerprint density at radius 1 is 1.50 bits per heavy atom. The first-order valence-electron chi connectivity index (χ1n) is 7.71. The molecule has 3 heterocycles. The van der Waals surface area contributed by atoms with Crippen LogP contribution in [0, 0.1) is 0 Å². The number of rotatable bonds is 5. The van der Waals surface area contributed by atoms with Crippen molar-refractivity contribution in [3.8, 4) is 0 Å². The molecule has 0 bridgehead atoms. The minimum absolute atomic E-state index is 0.219. The first-order chi connectivity index (χ1) is 9.74. The van der Waals surface area contributed by atoms with Crippen LogP contribution in [-0.4, -0.2) is 28.0 Å². The third kappa shape index (κ3) is 2.33. The van der Waals surface area contributed by atoms with Crippen LogP contribution in [0.3, 0.4) is 0 Å². The Morgan fingerprint density at radius 3 is 3.10 bits per heavy atom. The number of hydrogen-bond acceptors (Lipinski definition) is 4. The van der Waals surface area contributed by atoms with Crippen molar-refractivity contribution in [1.29, 1.82) is 0 Å². The Bertz CT molecular complexity index is 573. The highest BCUT2D eigenvalue weighted by molar-refractivity contribution is 7.15. The molecule has 1 aliphatic rings. The fraction of sp³-hybridized carbons (Fsp3) is 0.667. The molecule has 2 aromatic heterocycles. The molecule has 0 radical (unpaired) electrons. The molecule has 1 fully saturated rings. The summed E-state index contributed by atoms with van der Waals surface area (Å²) in [7, 11) is 0. The molecule has 2 N–H and O–H groups in total. The van der Waals surface area contributed by atoms with Crippen LogP contribution in [0.25, 0.3) is 4.96 Å². The number of imidazole rings is 1. The smallest absolute Gasteiger partial charge is 0.195 e. The fourth-order valence-electron chi connectivity index (χ4n) is 3.17. The average Bonchev–Trinajstić information content (AvgIpc) is 3.14. The van der Waals surface area contributed by atoms with Gasteiger partial charge in [-0.25, -0.2) is 4.98 Å². The second-order valence-electron chi connectivity index (χ2n) is 5.71. The fourth-order valence-corrected chi connectivity index (χ4v) is 3.90. The number of anilines is 1. The standard InChI is InChI=1S/C15H24N4S/c1-3-11(16)10-13-14(17-15-19(13)8-9-20-15)18-7-5-6-12(18)4-2/h8-9,11-12H,3-7,10,16H2,1-2H3. The normalized spacial score (nSPS) is 20.9. The zero-order valence-corrected chi connectivity index (χ0v) is 13.2. The first-order valence-corrected chi connectivity index (χ1v) is 8.59. The predicted octanol–water partition coefficient (Wildman–Crippen LogP) is 3.05. The Kier molecular flexibility index (Phi) is 3.98. The Balaban J connectivity index is 2.00. The molecule has 2 aromatic rings. The van der Waals surface area contributed by atoms with E-state index in [2.05, 4.69) is 34.7 Å². The molecule has 2 atom stereocenters. The van der Waals surface area contributed by atoms with E-state index in [1.54, 1.807) is 11.3 Å². The SMILES string of the molecule is CCC(N)Cc1c(N2CCCC2CC)nc2sccn12. The van der Waals surface area contributed by atoms with Gasteiger partial charge in [-0.2, -0.15) is 0 Å². The molecule has 5 heteroatoms. The highest BCUT2D eigenvalue weighted by atomic mass is 32.1. The lowest BCUT2D eigenvalue weighted by Crippen LogP contribution is -2.31. The maximum Gasteiger partial charge on any atom is 0.195 e. The maximum atomic E-state index is 6.20. The second-order valence-corrected chi connectivity index (χ2v) is 6.58. The van der Waals surface area contributed by atoms with E-state index in [1.807, 2.05) is 0 Å². The maximum absolute atomic E-state index is 6.20. The number of nitrogens with zero attached hydrogens (tertiary/aromatic N) is 3. The zero-order chi connectivity index (χ0) is 14.1. The molecule has 1 aliphatic heterocycles. The topological polar surface area (TPSA) is 46.6 Å². The van der Waals surface area contributed by atoms with Crippen molar-refractivity contribution in [2.75, 3.05) is 11.4 Å². The molecule has 1 saturated heterocycles. The molecule has 2 unspecified atom stereocenters. The van der Waals surface area contributed by atoms with Crippen LogP contribution in [-0.2, 0) is 6.42 Å². The lowest BCUT2D eigenvalue weighted by Gasteiger charge is -2.25. The minimum atomic E-state index is 0.219. The van der Waals surface area contributed by atoms with E-state index >= 15 is 0 Å². The number of hydrogen-bond donors (Lipinski definition) is 1. The van der Waals surface area contributed by atoms with Crippen molar-refractivity contribution >= 4 is 22.1 Å². The van der Waals surface area contributed by atoms with E-state index in [0.717, 1.165) is 24.3 Å². The summed E-state index contributed by atoms with van der Waals surface area (Å²) in [5.74, 6) is 1.19. The summed E-state index contributed by atoms with van der Waals surface area (Å²) in [6, 6.07) is 0.868. The molecule has 0 spiro atoms. The number of thiazole rings is 1. The van der Waals surface area contributed by atoms with Gasteiger partial charge < -0.3 is 10.6 Å². The Hall–Kier alpha value is -1.07. The summed E-state index contributed by atoms with van der Waals surface area (Å²) >= 11 is 1.71.